The molecule has 3 heteroatoms. The first-order valence-corrected chi connectivity index (χ1v) is 10.2. The highest BCUT2D eigenvalue weighted by atomic mass is 16.3. The van der Waals surface area contributed by atoms with Gasteiger partial charge in [0.25, 0.3) is 0 Å². The zero-order valence-electron chi connectivity index (χ0n) is 19.0. The van der Waals surface area contributed by atoms with Gasteiger partial charge in [-0.15, -0.1) is 0 Å². The summed E-state index contributed by atoms with van der Waals surface area (Å²) in [5.74, 6) is 1.68. The van der Waals surface area contributed by atoms with Gasteiger partial charge in [0.15, 0.2) is 0 Å². The van der Waals surface area contributed by atoms with Gasteiger partial charge in [-0.25, -0.2) is 0 Å². The van der Waals surface area contributed by atoms with Crippen LogP contribution in [0.15, 0.2) is 59.9 Å². The van der Waals surface area contributed by atoms with Gasteiger partial charge in [-0.3, -0.25) is 0 Å². The Bertz CT molecular complexity index is 599. The zero-order valence-corrected chi connectivity index (χ0v) is 19.0. The minimum atomic E-state index is -0.412. The van der Waals surface area contributed by atoms with Gasteiger partial charge < -0.3 is 15.3 Å². The first-order chi connectivity index (χ1) is 12.9. The molecule has 0 aromatic carbocycles. The molecule has 3 aliphatic carbocycles. The number of aliphatic hydroxyl groups is 3. The Balaban J connectivity index is 0.000000411. The summed E-state index contributed by atoms with van der Waals surface area (Å²) >= 11 is 0. The van der Waals surface area contributed by atoms with E-state index in [-0.39, 0.29) is 6.10 Å². The molecule has 1 fully saturated rings. The molecule has 0 aliphatic heterocycles. The van der Waals surface area contributed by atoms with Gasteiger partial charge in [-0.05, 0) is 63.9 Å². The van der Waals surface area contributed by atoms with Gasteiger partial charge in [0.1, 0.15) is 0 Å². The van der Waals surface area contributed by atoms with Crippen LogP contribution in [0.5, 0.6) is 0 Å². The Kier molecular flexibility index (Phi) is 11.4. The van der Waals surface area contributed by atoms with Crippen LogP contribution in [0.1, 0.15) is 67.7 Å². The normalized spacial score (nSPS) is 25.4. The van der Waals surface area contributed by atoms with Crippen molar-refractivity contribution in [1.82, 2.24) is 0 Å². The highest BCUT2D eigenvalue weighted by Gasteiger charge is 2.53. The van der Waals surface area contributed by atoms with E-state index in [0.29, 0.717) is 23.5 Å². The molecule has 160 valence electrons. The quantitative estimate of drug-likeness (QED) is 0.294. The molecule has 3 rings (SSSR count). The van der Waals surface area contributed by atoms with E-state index in [1.54, 1.807) is 19.1 Å². The molecule has 0 aromatic rings. The lowest BCUT2D eigenvalue weighted by atomic mass is 9.48. The van der Waals surface area contributed by atoms with Crippen LogP contribution < -0.4 is 0 Å². The molecular weight excluding hydrogens is 348 g/mol. The molecular formula is C25H42O3. The predicted molar refractivity (Wildman–Crippen MR) is 121 cm³/mol. The smallest absolute Gasteiger partial charge is 0.0851 e. The molecule has 1 saturated carbocycles. The van der Waals surface area contributed by atoms with Crippen molar-refractivity contribution in [1.29, 1.82) is 0 Å². The van der Waals surface area contributed by atoms with Crippen molar-refractivity contribution in [2.24, 2.45) is 17.3 Å². The van der Waals surface area contributed by atoms with Gasteiger partial charge in [0.2, 0.25) is 0 Å². The van der Waals surface area contributed by atoms with Crippen molar-refractivity contribution in [3.05, 3.63) is 59.9 Å². The fourth-order valence-electron chi connectivity index (χ4n) is 3.90. The van der Waals surface area contributed by atoms with E-state index in [0.717, 1.165) is 23.5 Å². The van der Waals surface area contributed by atoms with E-state index < -0.39 is 6.10 Å². The summed E-state index contributed by atoms with van der Waals surface area (Å²) in [5.41, 5.74) is 3.74. The van der Waals surface area contributed by atoms with Gasteiger partial charge in [0, 0.05) is 6.42 Å². The lowest BCUT2D eigenvalue weighted by molar-refractivity contribution is -0.0760. The van der Waals surface area contributed by atoms with E-state index in [1.807, 2.05) is 32.9 Å². The molecule has 0 heterocycles. The molecule has 4 atom stereocenters. The fraction of sp³-hybridized carbons (Fsp3) is 0.600. The first-order valence-electron chi connectivity index (χ1n) is 10.2. The molecule has 0 amide bonds. The van der Waals surface area contributed by atoms with Gasteiger partial charge in [-0.1, -0.05) is 68.9 Å². The summed E-state index contributed by atoms with van der Waals surface area (Å²) < 4.78 is 0. The van der Waals surface area contributed by atoms with Crippen LogP contribution in [0.3, 0.4) is 0 Å². The molecule has 0 aromatic heterocycles. The number of allylic oxidation sites excluding steroid dienone is 5. The van der Waals surface area contributed by atoms with Crippen molar-refractivity contribution in [3.63, 3.8) is 0 Å². The van der Waals surface area contributed by atoms with Crippen LogP contribution in [0.2, 0.25) is 0 Å². The maximum Gasteiger partial charge on any atom is 0.0851 e. The molecule has 2 bridgehead atoms. The van der Waals surface area contributed by atoms with Crippen LogP contribution in [-0.2, 0) is 0 Å². The Morgan fingerprint density at radius 2 is 1.89 bits per heavy atom. The maximum atomic E-state index is 9.65. The van der Waals surface area contributed by atoms with Gasteiger partial charge >= 0.3 is 0 Å². The topological polar surface area (TPSA) is 60.7 Å². The van der Waals surface area contributed by atoms with Crippen molar-refractivity contribution >= 4 is 0 Å². The number of aliphatic hydroxyl groups excluding tert-OH is 3. The third kappa shape index (κ3) is 8.62. The van der Waals surface area contributed by atoms with E-state index in [9.17, 15) is 10.2 Å². The summed E-state index contributed by atoms with van der Waals surface area (Å²) in [6.45, 7) is 21.5. The SMILES string of the molecule is C=CC(=C)C[C@H](O)C=C(C)C.CC/C=C(\C)O.CC1=C[C@@H](O)[C@@H]2C[C@H]1C2(C)C. The lowest BCUT2D eigenvalue weighted by Gasteiger charge is -2.57. The van der Waals surface area contributed by atoms with Crippen molar-refractivity contribution in [2.75, 3.05) is 0 Å². The van der Waals surface area contributed by atoms with E-state index >= 15 is 0 Å². The second kappa shape index (κ2) is 12.1. The Hall–Kier alpha value is -1.58. The minimum absolute atomic E-state index is 0.171. The summed E-state index contributed by atoms with van der Waals surface area (Å²) in [6.07, 6.45) is 9.40. The Morgan fingerprint density at radius 3 is 2.18 bits per heavy atom. The second-order valence-corrected chi connectivity index (χ2v) is 8.75. The highest BCUT2D eigenvalue weighted by Crippen LogP contribution is 2.58. The highest BCUT2D eigenvalue weighted by molar-refractivity contribution is 5.24. The molecule has 0 spiro atoms. The molecule has 0 saturated heterocycles. The Morgan fingerprint density at radius 1 is 1.32 bits per heavy atom. The number of rotatable bonds is 5. The van der Waals surface area contributed by atoms with Gasteiger partial charge in [-0.2, -0.15) is 0 Å². The van der Waals surface area contributed by atoms with E-state index in [2.05, 4.69) is 33.9 Å². The minimum Gasteiger partial charge on any atom is -0.513 e. The summed E-state index contributed by atoms with van der Waals surface area (Å²) in [7, 11) is 0. The van der Waals surface area contributed by atoms with Crippen molar-refractivity contribution in [3.8, 4) is 0 Å². The predicted octanol–water partition coefficient (Wildman–Crippen LogP) is 6.27. The number of hydrogen-bond donors (Lipinski definition) is 3. The van der Waals surface area contributed by atoms with Crippen molar-refractivity contribution in [2.45, 2.75) is 79.9 Å². The van der Waals surface area contributed by atoms with Crippen LogP contribution in [0, 0.1) is 17.3 Å². The molecule has 3 aliphatic rings. The number of fused-ring (bicyclic) bond motifs is 1. The average molecular weight is 391 g/mol. The Labute approximate surface area is 172 Å². The molecule has 3 nitrogen and oxygen atoms in total. The standard InChI is InChI=1S/2C10H16O.C5H10O/c1-6-4-9(11)8-5-7(6)10(8,2)3;1-5-9(4)7-10(11)6-8(2)3;1-3-4-5(2)6/h4,7-9,11H,5H2,1-3H3;5-6,10-11H,1,4,7H2,2-3H3;4,6H,3H2,1-2H3/b;;5-4+/t7-,8+,9-;10-;/m11./s1. The largest absolute Gasteiger partial charge is 0.513 e. The third-order valence-electron chi connectivity index (χ3n) is 5.52. The van der Waals surface area contributed by atoms with E-state index in [1.165, 1.54) is 12.0 Å². The first kappa shape index (κ1) is 26.4. The second-order valence-electron chi connectivity index (χ2n) is 8.75. The monoisotopic (exact) mass is 390 g/mol. The van der Waals surface area contributed by atoms with Crippen LogP contribution in [0.4, 0.5) is 0 Å². The summed E-state index contributed by atoms with van der Waals surface area (Å²) in [6, 6.07) is 0. The summed E-state index contributed by atoms with van der Waals surface area (Å²) in [4.78, 5) is 0. The van der Waals surface area contributed by atoms with E-state index in [4.69, 9.17) is 5.11 Å². The fourth-order valence-corrected chi connectivity index (χ4v) is 3.90. The maximum absolute atomic E-state index is 9.65. The van der Waals surface area contributed by atoms with Crippen LogP contribution in [0.25, 0.3) is 0 Å². The zero-order chi connectivity index (χ0) is 22.1. The van der Waals surface area contributed by atoms with Crippen molar-refractivity contribution < 1.29 is 15.3 Å². The third-order valence-corrected chi connectivity index (χ3v) is 5.52. The molecule has 28 heavy (non-hydrogen) atoms. The average Bonchev–Trinajstić information content (AvgIpc) is 2.53. The lowest BCUT2D eigenvalue weighted by Crippen LogP contribution is -2.53. The molecule has 3 N–H and O–H groups in total. The molecule has 0 unspecified atom stereocenters. The van der Waals surface area contributed by atoms with Gasteiger partial charge in [0.05, 0.1) is 18.0 Å². The number of hydrogen-bond acceptors (Lipinski definition) is 3. The van der Waals surface area contributed by atoms with Crippen LogP contribution in [-0.4, -0.2) is 27.5 Å². The van der Waals surface area contributed by atoms with Crippen LogP contribution >= 0.6 is 0 Å². The molecule has 0 radical (unpaired) electrons. The summed E-state index contributed by atoms with van der Waals surface area (Å²) in [5, 5.41) is 27.4.